The second-order valence-corrected chi connectivity index (χ2v) is 5.87. The highest BCUT2D eigenvalue weighted by Gasteiger charge is 2.19. The Bertz CT molecular complexity index is 225. The van der Waals surface area contributed by atoms with Crippen molar-refractivity contribution in [3.8, 4) is 0 Å². The molecule has 0 rings (SSSR count). The smallest absolute Gasteiger partial charge is 0.319 e. The number of esters is 1. The van der Waals surface area contributed by atoms with Crippen LogP contribution in [0.25, 0.3) is 0 Å². The van der Waals surface area contributed by atoms with Gasteiger partial charge >= 0.3 is 5.97 Å². The van der Waals surface area contributed by atoms with E-state index < -0.39 is 6.43 Å². The SMILES string of the molecule is CCCCOC(=O)C(CCC)SCCCCC(F)F. The zero-order valence-corrected chi connectivity index (χ0v) is 12.8. The topological polar surface area (TPSA) is 26.3 Å². The number of halogens is 2. The first kappa shape index (κ1) is 18.7. The lowest BCUT2D eigenvalue weighted by atomic mass is 10.2. The van der Waals surface area contributed by atoms with Gasteiger partial charge in [0.1, 0.15) is 5.25 Å². The predicted molar refractivity (Wildman–Crippen MR) is 76.9 cm³/mol. The van der Waals surface area contributed by atoms with Crippen LogP contribution in [0, 0.1) is 0 Å². The molecule has 0 fully saturated rings. The molecule has 0 N–H and O–H groups in total. The van der Waals surface area contributed by atoms with E-state index in [1.807, 2.05) is 6.92 Å². The number of thioether (sulfide) groups is 1. The Balaban J connectivity index is 3.80. The van der Waals surface area contributed by atoms with Gasteiger partial charge in [0.05, 0.1) is 6.61 Å². The van der Waals surface area contributed by atoms with Crippen molar-refractivity contribution in [3.63, 3.8) is 0 Å². The van der Waals surface area contributed by atoms with E-state index in [4.69, 9.17) is 4.74 Å². The Kier molecular flexibility index (Phi) is 12.5. The zero-order valence-electron chi connectivity index (χ0n) is 12.0. The third-order valence-corrected chi connectivity index (χ3v) is 4.05. The van der Waals surface area contributed by atoms with Gasteiger partial charge in [0.15, 0.2) is 0 Å². The van der Waals surface area contributed by atoms with Crippen LogP contribution in [-0.2, 0) is 9.53 Å². The fourth-order valence-corrected chi connectivity index (χ4v) is 2.83. The number of hydrogen-bond donors (Lipinski definition) is 0. The van der Waals surface area contributed by atoms with Gasteiger partial charge in [-0.3, -0.25) is 4.79 Å². The Morgan fingerprint density at radius 1 is 1.11 bits per heavy atom. The van der Waals surface area contributed by atoms with Gasteiger partial charge in [-0.05, 0) is 31.4 Å². The van der Waals surface area contributed by atoms with E-state index in [0.29, 0.717) is 13.0 Å². The number of rotatable bonds is 12. The first-order valence-corrected chi connectivity index (χ1v) is 8.23. The van der Waals surface area contributed by atoms with Crippen molar-refractivity contribution < 1.29 is 18.3 Å². The Morgan fingerprint density at radius 3 is 2.42 bits per heavy atom. The van der Waals surface area contributed by atoms with Crippen molar-refractivity contribution >= 4 is 17.7 Å². The van der Waals surface area contributed by atoms with Gasteiger partial charge in [-0.1, -0.05) is 26.7 Å². The van der Waals surface area contributed by atoms with Crippen LogP contribution in [0.2, 0.25) is 0 Å². The fraction of sp³-hybridized carbons (Fsp3) is 0.929. The molecular formula is C14H26F2O2S. The van der Waals surface area contributed by atoms with E-state index in [1.165, 1.54) is 0 Å². The summed E-state index contributed by atoms with van der Waals surface area (Å²) in [7, 11) is 0. The monoisotopic (exact) mass is 296 g/mol. The van der Waals surface area contributed by atoms with Crippen molar-refractivity contribution in [1.29, 1.82) is 0 Å². The molecule has 5 heteroatoms. The Hall–Kier alpha value is -0.320. The lowest BCUT2D eigenvalue weighted by Crippen LogP contribution is -2.21. The highest BCUT2D eigenvalue weighted by Crippen LogP contribution is 2.20. The maximum absolute atomic E-state index is 12.0. The lowest BCUT2D eigenvalue weighted by Gasteiger charge is -2.14. The van der Waals surface area contributed by atoms with Crippen LogP contribution in [0.1, 0.15) is 58.8 Å². The van der Waals surface area contributed by atoms with Crippen LogP contribution in [0.15, 0.2) is 0 Å². The van der Waals surface area contributed by atoms with Crippen LogP contribution in [0.4, 0.5) is 8.78 Å². The summed E-state index contributed by atoms with van der Waals surface area (Å²) in [4.78, 5) is 11.8. The quantitative estimate of drug-likeness (QED) is 0.387. The third kappa shape index (κ3) is 11.2. The normalized spacial score (nSPS) is 12.7. The van der Waals surface area contributed by atoms with Crippen molar-refractivity contribution in [2.45, 2.75) is 70.5 Å². The standard InChI is InChI=1S/C14H26F2O2S/c1-3-5-10-18-14(17)12(8-4-2)19-11-7-6-9-13(15)16/h12-13H,3-11H2,1-2H3. The molecule has 0 saturated heterocycles. The maximum atomic E-state index is 12.0. The van der Waals surface area contributed by atoms with E-state index in [0.717, 1.165) is 37.9 Å². The van der Waals surface area contributed by atoms with Gasteiger partial charge in [0.25, 0.3) is 0 Å². The van der Waals surface area contributed by atoms with E-state index in [-0.39, 0.29) is 17.6 Å². The van der Waals surface area contributed by atoms with Crippen molar-refractivity contribution in [2.75, 3.05) is 12.4 Å². The summed E-state index contributed by atoms with van der Waals surface area (Å²) in [5.41, 5.74) is 0. The summed E-state index contributed by atoms with van der Waals surface area (Å²) in [5, 5.41) is -0.131. The fourth-order valence-electron chi connectivity index (χ4n) is 1.57. The number of hydrogen-bond acceptors (Lipinski definition) is 3. The number of alkyl halides is 2. The maximum Gasteiger partial charge on any atom is 0.319 e. The molecule has 19 heavy (non-hydrogen) atoms. The van der Waals surface area contributed by atoms with Crippen LogP contribution in [-0.4, -0.2) is 30.0 Å². The molecule has 0 aromatic heterocycles. The first-order valence-electron chi connectivity index (χ1n) is 7.18. The summed E-state index contributed by atoms with van der Waals surface area (Å²) >= 11 is 1.54. The highest BCUT2D eigenvalue weighted by molar-refractivity contribution is 8.00. The molecule has 114 valence electrons. The summed E-state index contributed by atoms with van der Waals surface area (Å²) in [6.45, 7) is 4.57. The molecular weight excluding hydrogens is 270 g/mol. The average Bonchev–Trinajstić information content (AvgIpc) is 2.37. The second kappa shape index (κ2) is 12.7. The number of carbonyl (C=O) groups is 1. The highest BCUT2D eigenvalue weighted by atomic mass is 32.2. The first-order chi connectivity index (χ1) is 9.11. The molecule has 2 nitrogen and oxygen atoms in total. The molecule has 0 aliphatic rings. The predicted octanol–water partition coefficient (Wildman–Crippen LogP) is 4.67. The molecule has 0 aliphatic heterocycles. The third-order valence-electron chi connectivity index (χ3n) is 2.69. The van der Waals surface area contributed by atoms with Gasteiger partial charge in [0.2, 0.25) is 6.43 Å². The van der Waals surface area contributed by atoms with Gasteiger partial charge in [-0.25, -0.2) is 8.78 Å². The molecule has 0 aromatic carbocycles. The second-order valence-electron chi connectivity index (χ2n) is 4.56. The molecule has 0 aromatic rings. The zero-order chi connectivity index (χ0) is 14.5. The number of carbonyl (C=O) groups excluding carboxylic acids is 1. The van der Waals surface area contributed by atoms with Crippen molar-refractivity contribution in [3.05, 3.63) is 0 Å². The Morgan fingerprint density at radius 2 is 1.84 bits per heavy atom. The minimum Gasteiger partial charge on any atom is -0.465 e. The Labute approximate surface area is 119 Å². The molecule has 0 aliphatic carbocycles. The van der Waals surface area contributed by atoms with Crippen molar-refractivity contribution in [2.24, 2.45) is 0 Å². The summed E-state index contributed by atoms with van der Waals surface area (Å²) in [6, 6.07) is 0. The van der Waals surface area contributed by atoms with Crippen LogP contribution in [0.5, 0.6) is 0 Å². The largest absolute Gasteiger partial charge is 0.465 e. The summed E-state index contributed by atoms with van der Waals surface area (Å²) in [6.07, 6.45) is 2.62. The molecule has 0 spiro atoms. The lowest BCUT2D eigenvalue weighted by molar-refractivity contribution is -0.143. The molecule has 0 saturated carbocycles. The molecule has 1 unspecified atom stereocenters. The minimum atomic E-state index is -2.21. The van der Waals surface area contributed by atoms with Crippen LogP contribution < -0.4 is 0 Å². The number of ether oxygens (including phenoxy) is 1. The van der Waals surface area contributed by atoms with Gasteiger partial charge in [-0.2, -0.15) is 0 Å². The van der Waals surface area contributed by atoms with E-state index in [1.54, 1.807) is 11.8 Å². The minimum absolute atomic E-state index is 0.0417. The summed E-state index contributed by atoms with van der Waals surface area (Å²) < 4.78 is 29.1. The van der Waals surface area contributed by atoms with E-state index in [2.05, 4.69) is 6.92 Å². The molecule has 0 bridgehead atoms. The number of unbranched alkanes of at least 4 members (excludes halogenated alkanes) is 2. The molecule has 0 amide bonds. The van der Waals surface area contributed by atoms with Crippen molar-refractivity contribution in [1.82, 2.24) is 0 Å². The van der Waals surface area contributed by atoms with Gasteiger partial charge in [-0.15, -0.1) is 11.8 Å². The van der Waals surface area contributed by atoms with Gasteiger partial charge < -0.3 is 4.74 Å². The van der Waals surface area contributed by atoms with E-state index in [9.17, 15) is 13.6 Å². The molecule has 0 heterocycles. The molecule has 0 radical (unpaired) electrons. The van der Waals surface area contributed by atoms with Crippen LogP contribution >= 0.6 is 11.8 Å². The van der Waals surface area contributed by atoms with E-state index >= 15 is 0 Å². The van der Waals surface area contributed by atoms with Crippen LogP contribution in [0.3, 0.4) is 0 Å². The average molecular weight is 296 g/mol. The van der Waals surface area contributed by atoms with Gasteiger partial charge in [0, 0.05) is 6.42 Å². The molecule has 1 atom stereocenters. The summed E-state index contributed by atoms with van der Waals surface area (Å²) in [5.74, 6) is 0.606.